The van der Waals surface area contributed by atoms with E-state index < -0.39 is 0 Å². The Morgan fingerprint density at radius 2 is 2.05 bits per heavy atom. The van der Waals surface area contributed by atoms with E-state index in [0.29, 0.717) is 24.2 Å². The molecule has 1 heterocycles. The molecule has 3 aliphatic rings. The molecule has 19 heavy (non-hydrogen) atoms. The largest absolute Gasteiger partial charge is 0.447 e. The number of rotatable bonds is 2. The Morgan fingerprint density at radius 3 is 2.84 bits per heavy atom. The number of fused-ring (bicyclic) bond motifs is 5. The second-order valence-electron chi connectivity index (χ2n) is 5.81. The maximum Gasteiger partial charge on any atom is 0.307 e. The molecule has 0 radical (unpaired) electrons. The maximum atomic E-state index is 11.8. The van der Waals surface area contributed by atoms with Gasteiger partial charge in [0.1, 0.15) is 0 Å². The van der Waals surface area contributed by atoms with Gasteiger partial charge in [-0.3, -0.25) is 4.79 Å². The lowest BCUT2D eigenvalue weighted by Crippen LogP contribution is -2.35. The molecule has 1 saturated heterocycles. The van der Waals surface area contributed by atoms with E-state index in [-0.39, 0.29) is 10.9 Å². The van der Waals surface area contributed by atoms with Crippen LogP contribution < -0.4 is 0 Å². The molecule has 4 rings (SSSR count). The van der Waals surface area contributed by atoms with Gasteiger partial charge in [0, 0.05) is 16.7 Å². The van der Waals surface area contributed by atoms with E-state index in [2.05, 4.69) is 43.3 Å². The Balaban J connectivity index is 1.69. The molecule has 4 atom stereocenters. The zero-order valence-electron chi connectivity index (χ0n) is 10.8. The molecule has 2 fully saturated rings. The van der Waals surface area contributed by atoms with Crippen LogP contribution >= 0.6 is 11.8 Å². The number of esters is 1. The Kier molecular flexibility index (Phi) is 2.37. The molecule has 2 nitrogen and oxygen atoms in total. The monoisotopic (exact) mass is 272 g/mol. The van der Waals surface area contributed by atoms with Gasteiger partial charge in [-0.1, -0.05) is 41.6 Å². The van der Waals surface area contributed by atoms with Crippen LogP contribution in [0.2, 0.25) is 0 Å². The van der Waals surface area contributed by atoms with Crippen molar-refractivity contribution in [1.82, 2.24) is 0 Å². The van der Waals surface area contributed by atoms with Gasteiger partial charge in [0.25, 0.3) is 0 Å². The second-order valence-corrected chi connectivity index (χ2v) is 7.13. The second kappa shape index (κ2) is 3.89. The Bertz CT molecular complexity index is 563. The van der Waals surface area contributed by atoms with E-state index in [1.165, 1.54) is 10.5 Å². The SMILES string of the molecule is Cc1ccc(S[C@]23OC(=O)C[C@H]2[C@H]2C=C[C@@H]3C2)cc1. The van der Waals surface area contributed by atoms with Crippen molar-refractivity contribution in [1.29, 1.82) is 0 Å². The number of hydrogen-bond acceptors (Lipinski definition) is 3. The highest BCUT2D eigenvalue weighted by Gasteiger charge is 2.63. The first kappa shape index (κ1) is 11.6. The average Bonchev–Trinajstić information content (AvgIpc) is 3.03. The number of thioether (sulfide) groups is 1. The van der Waals surface area contributed by atoms with Crippen LogP contribution in [-0.2, 0) is 9.53 Å². The maximum absolute atomic E-state index is 11.8. The standard InChI is InChI=1S/C16H16O2S/c1-10-2-6-13(7-3-10)19-16-12-5-4-11(8-12)14(16)9-15(17)18-16/h2-7,11-12,14H,8-9H2,1H3/t11-,12+,14-,16-/m0/s1. The van der Waals surface area contributed by atoms with Crippen molar-refractivity contribution in [3.05, 3.63) is 42.0 Å². The summed E-state index contributed by atoms with van der Waals surface area (Å²) in [5.41, 5.74) is 1.26. The number of hydrogen-bond donors (Lipinski definition) is 0. The highest BCUT2D eigenvalue weighted by molar-refractivity contribution is 8.00. The van der Waals surface area contributed by atoms with E-state index in [1.807, 2.05) is 0 Å². The normalized spacial score (nSPS) is 38.6. The third-order valence-electron chi connectivity index (χ3n) is 4.63. The summed E-state index contributed by atoms with van der Waals surface area (Å²) in [5, 5.41) is 0. The molecule has 2 aliphatic carbocycles. The molecule has 1 aliphatic heterocycles. The highest BCUT2D eigenvalue weighted by atomic mass is 32.2. The Hall–Kier alpha value is -1.22. The van der Waals surface area contributed by atoms with E-state index in [4.69, 9.17) is 4.74 Å². The van der Waals surface area contributed by atoms with E-state index in [1.54, 1.807) is 11.8 Å². The average molecular weight is 272 g/mol. The predicted octanol–water partition coefficient (Wildman–Crippen LogP) is 3.55. The van der Waals surface area contributed by atoms with Gasteiger partial charge < -0.3 is 4.74 Å². The van der Waals surface area contributed by atoms with Crippen LogP contribution in [0.1, 0.15) is 18.4 Å². The van der Waals surface area contributed by atoms with Crippen molar-refractivity contribution in [2.24, 2.45) is 17.8 Å². The molecule has 1 aromatic rings. The lowest BCUT2D eigenvalue weighted by atomic mass is 9.90. The fraction of sp³-hybridized carbons (Fsp3) is 0.438. The summed E-state index contributed by atoms with van der Waals surface area (Å²) in [6.45, 7) is 2.09. The first-order valence-electron chi connectivity index (χ1n) is 6.83. The summed E-state index contributed by atoms with van der Waals surface area (Å²) in [6, 6.07) is 8.50. The number of carbonyl (C=O) groups is 1. The van der Waals surface area contributed by atoms with Gasteiger partial charge in [-0.15, -0.1) is 0 Å². The van der Waals surface area contributed by atoms with E-state index >= 15 is 0 Å². The van der Waals surface area contributed by atoms with Crippen molar-refractivity contribution in [3.63, 3.8) is 0 Å². The first-order valence-corrected chi connectivity index (χ1v) is 7.65. The van der Waals surface area contributed by atoms with Gasteiger partial charge in [0.05, 0.1) is 6.42 Å². The number of benzene rings is 1. The fourth-order valence-electron chi connectivity index (χ4n) is 3.70. The summed E-state index contributed by atoms with van der Waals surface area (Å²) >= 11 is 1.75. The van der Waals surface area contributed by atoms with Crippen LogP contribution in [0.3, 0.4) is 0 Å². The fourth-order valence-corrected chi connectivity index (χ4v) is 5.22. The predicted molar refractivity (Wildman–Crippen MR) is 74.7 cm³/mol. The highest BCUT2D eigenvalue weighted by Crippen LogP contribution is 2.63. The van der Waals surface area contributed by atoms with Gasteiger partial charge >= 0.3 is 5.97 Å². The molecule has 2 bridgehead atoms. The minimum atomic E-state index is -0.328. The van der Waals surface area contributed by atoms with Gasteiger partial charge in [-0.25, -0.2) is 0 Å². The number of ether oxygens (including phenoxy) is 1. The van der Waals surface area contributed by atoms with Crippen molar-refractivity contribution >= 4 is 17.7 Å². The van der Waals surface area contributed by atoms with E-state index in [9.17, 15) is 4.79 Å². The van der Waals surface area contributed by atoms with Gasteiger partial charge in [0.2, 0.25) is 0 Å². The van der Waals surface area contributed by atoms with Crippen LogP contribution in [0.15, 0.2) is 41.3 Å². The summed E-state index contributed by atoms with van der Waals surface area (Å²) in [7, 11) is 0. The van der Waals surface area contributed by atoms with Crippen LogP contribution in [0.25, 0.3) is 0 Å². The molecule has 3 heteroatoms. The topological polar surface area (TPSA) is 26.3 Å². The molecule has 1 aromatic carbocycles. The molecule has 0 spiro atoms. The Morgan fingerprint density at radius 1 is 1.26 bits per heavy atom. The van der Waals surface area contributed by atoms with Crippen LogP contribution in [0.5, 0.6) is 0 Å². The van der Waals surface area contributed by atoms with Crippen molar-refractivity contribution < 1.29 is 9.53 Å². The number of aryl methyl sites for hydroxylation is 1. The lowest BCUT2D eigenvalue weighted by molar-refractivity contribution is -0.144. The summed E-state index contributed by atoms with van der Waals surface area (Å²) in [5.74, 6) is 1.26. The first-order chi connectivity index (χ1) is 9.17. The van der Waals surface area contributed by atoms with Crippen LogP contribution in [-0.4, -0.2) is 10.9 Å². The van der Waals surface area contributed by atoms with Crippen LogP contribution in [0, 0.1) is 24.7 Å². The van der Waals surface area contributed by atoms with Crippen molar-refractivity contribution in [2.75, 3.05) is 0 Å². The third-order valence-corrected chi connectivity index (χ3v) is 6.14. The molecule has 98 valence electrons. The minimum Gasteiger partial charge on any atom is -0.447 e. The van der Waals surface area contributed by atoms with Crippen LogP contribution in [0.4, 0.5) is 0 Å². The van der Waals surface area contributed by atoms with Gasteiger partial charge in [0.15, 0.2) is 4.93 Å². The van der Waals surface area contributed by atoms with Gasteiger partial charge in [-0.2, -0.15) is 0 Å². The zero-order chi connectivity index (χ0) is 13.0. The smallest absolute Gasteiger partial charge is 0.307 e. The molecule has 0 aromatic heterocycles. The third kappa shape index (κ3) is 1.61. The number of allylic oxidation sites excluding steroid dienone is 1. The molecule has 0 N–H and O–H groups in total. The zero-order valence-corrected chi connectivity index (χ0v) is 11.7. The minimum absolute atomic E-state index is 0.0250. The molecular formula is C16H16O2S. The summed E-state index contributed by atoms with van der Waals surface area (Å²) < 4.78 is 5.81. The molecule has 1 saturated carbocycles. The van der Waals surface area contributed by atoms with Crippen molar-refractivity contribution in [2.45, 2.75) is 29.6 Å². The summed E-state index contributed by atoms with van der Waals surface area (Å²) in [6.07, 6.45) is 6.27. The molecular weight excluding hydrogens is 256 g/mol. The van der Waals surface area contributed by atoms with Gasteiger partial charge in [-0.05, 0) is 31.4 Å². The quantitative estimate of drug-likeness (QED) is 0.608. The van der Waals surface area contributed by atoms with E-state index in [0.717, 1.165) is 6.42 Å². The number of carbonyl (C=O) groups excluding carboxylic acids is 1. The lowest BCUT2D eigenvalue weighted by Gasteiger charge is -2.34. The Labute approximate surface area is 117 Å². The van der Waals surface area contributed by atoms with Crippen molar-refractivity contribution in [3.8, 4) is 0 Å². The molecule has 0 unspecified atom stereocenters. The summed E-state index contributed by atoms with van der Waals surface area (Å²) in [4.78, 5) is 12.6. The molecule has 0 amide bonds.